The lowest BCUT2D eigenvalue weighted by atomic mass is 10.1. The van der Waals surface area contributed by atoms with E-state index in [1.54, 1.807) is 36.4 Å². The molecular formula is C28H28ClN3O5. The Kier molecular flexibility index (Phi) is 8.30. The van der Waals surface area contributed by atoms with E-state index in [0.717, 1.165) is 11.3 Å². The van der Waals surface area contributed by atoms with Crippen molar-refractivity contribution in [3.63, 3.8) is 0 Å². The van der Waals surface area contributed by atoms with Crippen LogP contribution in [0.15, 0.2) is 66.7 Å². The number of piperazine rings is 1. The number of halogens is 1. The second-order valence-electron chi connectivity index (χ2n) is 8.62. The number of esters is 1. The van der Waals surface area contributed by atoms with Crippen LogP contribution in [0.2, 0.25) is 5.02 Å². The fourth-order valence-electron chi connectivity index (χ4n) is 4.17. The third kappa shape index (κ3) is 6.40. The van der Waals surface area contributed by atoms with Crippen LogP contribution >= 0.6 is 11.6 Å². The summed E-state index contributed by atoms with van der Waals surface area (Å²) in [6, 6.07) is 19.4. The van der Waals surface area contributed by atoms with Crippen molar-refractivity contribution in [3.05, 3.63) is 88.4 Å². The van der Waals surface area contributed by atoms with Crippen molar-refractivity contribution >= 4 is 40.8 Å². The Labute approximate surface area is 220 Å². The fourth-order valence-corrected chi connectivity index (χ4v) is 4.40. The number of hydrogen-bond donors (Lipinski definition) is 1. The number of anilines is 2. The highest BCUT2D eigenvalue weighted by Crippen LogP contribution is 2.29. The third-order valence-electron chi connectivity index (χ3n) is 6.12. The predicted octanol–water partition coefficient (Wildman–Crippen LogP) is 4.41. The van der Waals surface area contributed by atoms with Gasteiger partial charge in [0.25, 0.3) is 11.8 Å². The molecule has 0 atom stereocenters. The molecule has 0 aromatic heterocycles. The molecule has 1 heterocycles. The number of rotatable bonds is 7. The number of ether oxygens (including phenoxy) is 2. The Balaban J connectivity index is 1.46. The number of methoxy groups -OCH3 is 1. The van der Waals surface area contributed by atoms with Crippen LogP contribution in [0.4, 0.5) is 11.4 Å². The zero-order valence-electron chi connectivity index (χ0n) is 20.7. The number of hydrogen-bond acceptors (Lipinski definition) is 6. The van der Waals surface area contributed by atoms with Gasteiger partial charge in [0.05, 0.1) is 24.0 Å². The van der Waals surface area contributed by atoms with E-state index >= 15 is 0 Å². The second kappa shape index (κ2) is 11.8. The van der Waals surface area contributed by atoms with Gasteiger partial charge in [-0.2, -0.15) is 0 Å². The molecule has 1 aliphatic heterocycles. The highest BCUT2D eigenvalue weighted by atomic mass is 35.5. The smallest absolute Gasteiger partial charge is 0.337 e. The zero-order valence-corrected chi connectivity index (χ0v) is 21.5. The summed E-state index contributed by atoms with van der Waals surface area (Å²) in [5, 5.41) is 3.46. The standard InChI is InChI=1S/C28H28ClN3O5/c1-19-16-22(29)9-11-25(19)37-18-26(33)30-23-17-21(28(35)36-2)8-10-24(23)31-12-14-32(15-13-31)27(34)20-6-4-3-5-7-20/h3-11,16-17H,12-15,18H2,1-2H3,(H,30,33). The molecule has 4 rings (SSSR count). The Morgan fingerprint density at radius 3 is 2.32 bits per heavy atom. The third-order valence-corrected chi connectivity index (χ3v) is 6.35. The average Bonchev–Trinajstić information content (AvgIpc) is 2.92. The SMILES string of the molecule is COC(=O)c1ccc(N2CCN(C(=O)c3ccccc3)CC2)c(NC(=O)COc2ccc(Cl)cc2C)c1. The summed E-state index contributed by atoms with van der Waals surface area (Å²) < 4.78 is 10.5. The Hall–Kier alpha value is -4.04. The van der Waals surface area contributed by atoms with Crippen LogP contribution in [0, 0.1) is 6.92 Å². The van der Waals surface area contributed by atoms with E-state index in [-0.39, 0.29) is 18.4 Å². The summed E-state index contributed by atoms with van der Waals surface area (Å²) in [5.41, 5.74) is 3.00. The number of carbonyl (C=O) groups excluding carboxylic acids is 3. The molecule has 3 aromatic rings. The van der Waals surface area contributed by atoms with Crippen molar-refractivity contribution in [3.8, 4) is 5.75 Å². The number of amides is 2. The van der Waals surface area contributed by atoms with Crippen LogP contribution < -0.4 is 15.0 Å². The highest BCUT2D eigenvalue weighted by molar-refractivity contribution is 6.30. The molecule has 2 amide bonds. The van der Waals surface area contributed by atoms with Crippen molar-refractivity contribution in [2.75, 3.05) is 50.1 Å². The summed E-state index contributed by atoms with van der Waals surface area (Å²) in [4.78, 5) is 41.6. The molecular weight excluding hydrogens is 494 g/mol. The Morgan fingerprint density at radius 1 is 0.919 bits per heavy atom. The van der Waals surface area contributed by atoms with Gasteiger partial charge in [0, 0.05) is 36.8 Å². The first-order valence-corrected chi connectivity index (χ1v) is 12.2. The number of nitrogens with zero attached hydrogens (tertiary/aromatic N) is 2. The Morgan fingerprint density at radius 2 is 1.65 bits per heavy atom. The molecule has 0 radical (unpaired) electrons. The number of aryl methyl sites for hydroxylation is 1. The summed E-state index contributed by atoms with van der Waals surface area (Å²) >= 11 is 5.99. The van der Waals surface area contributed by atoms with E-state index in [4.69, 9.17) is 21.1 Å². The minimum atomic E-state index is -0.506. The van der Waals surface area contributed by atoms with Crippen molar-refractivity contribution in [2.45, 2.75) is 6.92 Å². The van der Waals surface area contributed by atoms with Crippen LogP contribution in [-0.2, 0) is 9.53 Å². The summed E-state index contributed by atoms with van der Waals surface area (Å²) in [5.74, 6) is -0.337. The molecule has 192 valence electrons. The average molecular weight is 522 g/mol. The van der Waals surface area contributed by atoms with Gasteiger partial charge in [-0.25, -0.2) is 4.79 Å². The lowest BCUT2D eigenvalue weighted by molar-refractivity contribution is -0.118. The van der Waals surface area contributed by atoms with Gasteiger partial charge in [0.15, 0.2) is 6.61 Å². The number of carbonyl (C=O) groups is 3. The van der Waals surface area contributed by atoms with Crippen LogP contribution in [0.25, 0.3) is 0 Å². The van der Waals surface area contributed by atoms with E-state index in [1.807, 2.05) is 42.2 Å². The Bertz CT molecular complexity index is 1290. The predicted molar refractivity (Wildman–Crippen MR) is 143 cm³/mol. The molecule has 0 aliphatic carbocycles. The molecule has 1 fully saturated rings. The van der Waals surface area contributed by atoms with E-state index in [2.05, 4.69) is 10.2 Å². The molecule has 1 N–H and O–H groups in total. The monoisotopic (exact) mass is 521 g/mol. The number of benzene rings is 3. The van der Waals surface area contributed by atoms with Crippen molar-refractivity contribution < 1.29 is 23.9 Å². The molecule has 1 saturated heterocycles. The maximum Gasteiger partial charge on any atom is 0.337 e. The lowest BCUT2D eigenvalue weighted by Gasteiger charge is -2.37. The molecule has 0 unspecified atom stereocenters. The second-order valence-corrected chi connectivity index (χ2v) is 9.05. The molecule has 9 heteroatoms. The normalized spacial score (nSPS) is 13.2. The van der Waals surface area contributed by atoms with E-state index < -0.39 is 5.97 Å². The summed E-state index contributed by atoms with van der Waals surface area (Å²) in [7, 11) is 1.31. The molecule has 0 saturated carbocycles. The van der Waals surface area contributed by atoms with Gasteiger partial charge < -0.3 is 24.6 Å². The molecule has 0 spiro atoms. The van der Waals surface area contributed by atoms with Crippen LogP contribution in [-0.4, -0.2) is 62.6 Å². The maximum absolute atomic E-state index is 12.8. The van der Waals surface area contributed by atoms with Crippen molar-refractivity contribution in [1.82, 2.24) is 4.90 Å². The largest absolute Gasteiger partial charge is 0.483 e. The van der Waals surface area contributed by atoms with Gasteiger partial charge in [-0.3, -0.25) is 9.59 Å². The van der Waals surface area contributed by atoms with Crippen LogP contribution in [0.5, 0.6) is 5.75 Å². The van der Waals surface area contributed by atoms with Crippen LogP contribution in [0.3, 0.4) is 0 Å². The van der Waals surface area contributed by atoms with Gasteiger partial charge in [-0.05, 0) is 61.0 Å². The fraction of sp³-hybridized carbons (Fsp3) is 0.250. The highest BCUT2D eigenvalue weighted by Gasteiger charge is 2.24. The minimum absolute atomic E-state index is 0.00976. The molecule has 8 nitrogen and oxygen atoms in total. The van der Waals surface area contributed by atoms with E-state index in [9.17, 15) is 14.4 Å². The van der Waals surface area contributed by atoms with E-state index in [1.165, 1.54) is 7.11 Å². The van der Waals surface area contributed by atoms with Crippen LogP contribution in [0.1, 0.15) is 26.3 Å². The first-order chi connectivity index (χ1) is 17.9. The quantitative estimate of drug-likeness (QED) is 0.463. The van der Waals surface area contributed by atoms with Gasteiger partial charge in [0.2, 0.25) is 0 Å². The van der Waals surface area contributed by atoms with Gasteiger partial charge >= 0.3 is 5.97 Å². The summed E-state index contributed by atoms with van der Waals surface area (Å²) in [6.07, 6.45) is 0. The first kappa shape index (κ1) is 26.0. The number of nitrogens with one attached hydrogen (secondary N) is 1. The van der Waals surface area contributed by atoms with Gasteiger partial charge in [-0.15, -0.1) is 0 Å². The maximum atomic E-state index is 12.8. The van der Waals surface area contributed by atoms with Gasteiger partial charge in [-0.1, -0.05) is 29.8 Å². The van der Waals surface area contributed by atoms with E-state index in [0.29, 0.717) is 53.8 Å². The van der Waals surface area contributed by atoms with Crippen molar-refractivity contribution in [1.29, 1.82) is 0 Å². The lowest BCUT2D eigenvalue weighted by Crippen LogP contribution is -2.49. The minimum Gasteiger partial charge on any atom is -0.483 e. The van der Waals surface area contributed by atoms with Gasteiger partial charge in [0.1, 0.15) is 5.75 Å². The molecule has 37 heavy (non-hydrogen) atoms. The summed E-state index contributed by atoms with van der Waals surface area (Å²) in [6.45, 7) is 3.82. The molecule has 0 bridgehead atoms. The molecule has 1 aliphatic rings. The topological polar surface area (TPSA) is 88.2 Å². The first-order valence-electron chi connectivity index (χ1n) is 11.9. The van der Waals surface area contributed by atoms with Crippen molar-refractivity contribution in [2.24, 2.45) is 0 Å². The zero-order chi connectivity index (χ0) is 26.4. The molecule has 3 aromatic carbocycles.